The molecule has 3 rings (SSSR count). The molecule has 0 atom stereocenters. The van der Waals surface area contributed by atoms with E-state index in [9.17, 15) is 17.6 Å². The van der Waals surface area contributed by atoms with Gasteiger partial charge >= 0.3 is 0 Å². The van der Waals surface area contributed by atoms with E-state index in [-0.39, 0.29) is 21.2 Å². The maximum Gasteiger partial charge on any atom is 0.257 e. The van der Waals surface area contributed by atoms with Crippen LogP contribution in [-0.4, -0.2) is 58.0 Å². The minimum atomic E-state index is -3.76. The third-order valence-electron chi connectivity index (χ3n) is 5.09. The zero-order chi connectivity index (χ0) is 22.6. The highest BCUT2D eigenvalue weighted by Gasteiger charge is 2.26. The SMILES string of the molecule is CCN(CC)S(=O)(=O)c1ccc(N2CCOCC2)c(C(=O)Nc2ccc(F)cc2Cl)c1. The fourth-order valence-electron chi connectivity index (χ4n) is 3.43. The number of nitrogens with zero attached hydrogens (tertiary/aromatic N) is 2. The molecule has 168 valence electrons. The number of nitrogens with one attached hydrogen (secondary N) is 1. The zero-order valence-corrected chi connectivity index (χ0v) is 19.0. The molecule has 1 aliphatic rings. The van der Waals surface area contributed by atoms with Gasteiger partial charge < -0.3 is 15.0 Å². The lowest BCUT2D eigenvalue weighted by atomic mass is 10.1. The second-order valence-corrected chi connectivity index (χ2v) is 9.29. The maximum absolute atomic E-state index is 13.4. The summed E-state index contributed by atoms with van der Waals surface area (Å²) in [5, 5.41) is 2.71. The van der Waals surface area contributed by atoms with E-state index in [0.717, 1.165) is 6.07 Å². The van der Waals surface area contributed by atoms with E-state index in [1.54, 1.807) is 19.9 Å². The van der Waals surface area contributed by atoms with Crippen LogP contribution in [0.25, 0.3) is 0 Å². The number of hydrogen-bond donors (Lipinski definition) is 1. The van der Waals surface area contributed by atoms with Crippen molar-refractivity contribution >= 4 is 38.9 Å². The second kappa shape index (κ2) is 9.95. The van der Waals surface area contributed by atoms with E-state index in [2.05, 4.69) is 5.32 Å². The topological polar surface area (TPSA) is 79.0 Å². The fraction of sp³-hybridized carbons (Fsp3) is 0.381. The molecule has 31 heavy (non-hydrogen) atoms. The number of hydrogen-bond acceptors (Lipinski definition) is 5. The van der Waals surface area contributed by atoms with Crippen molar-refractivity contribution in [2.24, 2.45) is 0 Å². The van der Waals surface area contributed by atoms with Crippen LogP contribution in [0.5, 0.6) is 0 Å². The molecule has 2 aromatic rings. The highest BCUT2D eigenvalue weighted by Crippen LogP contribution is 2.29. The second-order valence-electron chi connectivity index (χ2n) is 6.95. The van der Waals surface area contributed by atoms with Crippen molar-refractivity contribution < 1.29 is 22.3 Å². The molecule has 0 bridgehead atoms. The summed E-state index contributed by atoms with van der Waals surface area (Å²) >= 11 is 6.05. The molecule has 0 saturated carbocycles. The first-order chi connectivity index (χ1) is 14.8. The van der Waals surface area contributed by atoms with Crippen LogP contribution in [0, 0.1) is 5.82 Å². The number of benzene rings is 2. The summed E-state index contributed by atoms with van der Waals surface area (Å²) in [6.07, 6.45) is 0. The summed E-state index contributed by atoms with van der Waals surface area (Å²) in [6, 6.07) is 8.18. The van der Waals surface area contributed by atoms with Crippen LogP contribution in [0.2, 0.25) is 5.02 Å². The van der Waals surface area contributed by atoms with E-state index in [1.807, 2.05) is 4.90 Å². The first-order valence-electron chi connectivity index (χ1n) is 10.0. The van der Waals surface area contributed by atoms with Crippen LogP contribution in [0.1, 0.15) is 24.2 Å². The maximum atomic E-state index is 13.4. The molecule has 1 N–H and O–H groups in total. The molecule has 1 heterocycles. The quantitative estimate of drug-likeness (QED) is 0.670. The number of anilines is 2. The van der Waals surface area contributed by atoms with E-state index in [4.69, 9.17) is 16.3 Å². The van der Waals surface area contributed by atoms with Gasteiger partial charge in [-0.2, -0.15) is 4.31 Å². The van der Waals surface area contributed by atoms with Gasteiger partial charge in [0.25, 0.3) is 5.91 Å². The van der Waals surface area contributed by atoms with Crippen molar-refractivity contribution in [3.63, 3.8) is 0 Å². The van der Waals surface area contributed by atoms with Gasteiger partial charge in [0.1, 0.15) is 5.82 Å². The monoisotopic (exact) mass is 469 g/mol. The Morgan fingerprint density at radius 3 is 2.45 bits per heavy atom. The summed E-state index contributed by atoms with van der Waals surface area (Å²) in [5.74, 6) is -1.06. The lowest BCUT2D eigenvalue weighted by Crippen LogP contribution is -2.37. The van der Waals surface area contributed by atoms with Gasteiger partial charge in [-0.25, -0.2) is 12.8 Å². The Morgan fingerprint density at radius 1 is 1.16 bits per heavy atom. The highest BCUT2D eigenvalue weighted by molar-refractivity contribution is 7.89. The minimum absolute atomic E-state index is 0.0311. The average Bonchev–Trinajstić information content (AvgIpc) is 2.76. The molecular formula is C21H25ClFN3O4S. The van der Waals surface area contributed by atoms with Crippen molar-refractivity contribution in [2.45, 2.75) is 18.7 Å². The molecular weight excluding hydrogens is 445 g/mol. The van der Waals surface area contributed by atoms with E-state index >= 15 is 0 Å². The van der Waals surface area contributed by atoms with Gasteiger partial charge in [-0.3, -0.25) is 4.79 Å². The summed E-state index contributed by atoms with van der Waals surface area (Å²) < 4.78 is 46.1. The fourth-order valence-corrected chi connectivity index (χ4v) is 5.13. The van der Waals surface area contributed by atoms with Crippen molar-refractivity contribution in [3.8, 4) is 0 Å². The van der Waals surface area contributed by atoms with Crippen LogP contribution in [0.3, 0.4) is 0 Å². The summed E-state index contributed by atoms with van der Waals surface area (Å²) in [5.41, 5.74) is 1.02. The number of carbonyl (C=O) groups excluding carboxylic acids is 1. The third-order valence-corrected chi connectivity index (χ3v) is 7.45. The van der Waals surface area contributed by atoms with Gasteiger partial charge in [-0.15, -0.1) is 0 Å². The minimum Gasteiger partial charge on any atom is -0.378 e. The number of amides is 1. The summed E-state index contributed by atoms with van der Waals surface area (Å²) in [6.45, 7) is 6.29. The number of sulfonamides is 1. The Labute approximate surface area is 186 Å². The number of morpholine rings is 1. The van der Waals surface area contributed by atoms with Crippen LogP contribution >= 0.6 is 11.6 Å². The van der Waals surface area contributed by atoms with Crippen LogP contribution in [0.15, 0.2) is 41.3 Å². The Hall–Kier alpha value is -2.20. The molecule has 0 aromatic heterocycles. The van der Waals surface area contributed by atoms with E-state index in [0.29, 0.717) is 45.1 Å². The molecule has 1 saturated heterocycles. The largest absolute Gasteiger partial charge is 0.378 e. The van der Waals surface area contributed by atoms with Gasteiger partial charge in [0.15, 0.2) is 0 Å². The predicted molar refractivity (Wildman–Crippen MR) is 119 cm³/mol. The number of halogens is 2. The van der Waals surface area contributed by atoms with Gasteiger partial charge in [0.2, 0.25) is 10.0 Å². The Balaban J connectivity index is 2.04. The lowest BCUT2D eigenvalue weighted by Gasteiger charge is -2.30. The molecule has 0 unspecified atom stereocenters. The predicted octanol–water partition coefficient (Wildman–Crippen LogP) is 3.60. The number of rotatable bonds is 7. The standard InChI is InChI=1S/C21H25ClFN3O4S/c1-3-26(4-2)31(28,29)16-6-8-20(25-9-11-30-12-10-25)17(14-16)21(27)24-19-7-5-15(23)13-18(19)22/h5-8,13-14H,3-4,9-12H2,1-2H3,(H,24,27). The first kappa shape index (κ1) is 23.5. The Bertz CT molecular complexity index is 1050. The van der Waals surface area contributed by atoms with Crippen molar-refractivity contribution in [2.75, 3.05) is 49.6 Å². The van der Waals surface area contributed by atoms with Crippen molar-refractivity contribution in [1.82, 2.24) is 4.31 Å². The molecule has 1 aliphatic heterocycles. The van der Waals surface area contributed by atoms with Gasteiger partial charge in [0, 0.05) is 31.9 Å². The first-order valence-corrected chi connectivity index (χ1v) is 11.8. The highest BCUT2D eigenvalue weighted by atomic mass is 35.5. The molecule has 0 radical (unpaired) electrons. The summed E-state index contributed by atoms with van der Waals surface area (Å²) in [4.78, 5) is 15.2. The normalized spacial score (nSPS) is 14.7. The lowest BCUT2D eigenvalue weighted by molar-refractivity contribution is 0.102. The van der Waals surface area contributed by atoms with E-state index in [1.165, 1.54) is 28.6 Å². The van der Waals surface area contributed by atoms with Crippen molar-refractivity contribution in [3.05, 3.63) is 52.8 Å². The zero-order valence-electron chi connectivity index (χ0n) is 17.4. The molecule has 0 spiro atoms. The molecule has 2 aromatic carbocycles. The average molecular weight is 470 g/mol. The number of ether oxygens (including phenoxy) is 1. The molecule has 0 aliphatic carbocycles. The molecule has 1 fully saturated rings. The van der Waals surface area contributed by atoms with Crippen LogP contribution in [-0.2, 0) is 14.8 Å². The van der Waals surface area contributed by atoms with E-state index < -0.39 is 21.7 Å². The van der Waals surface area contributed by atoms with Crippen molar-refractivity contribution in [1.29, 1.82) is 0 Å². The van der Waals surface area contributed by atoms with Gasteiger partial charge in [0.05, 0.1) is 34.4 Å². The third kappa shape index (κ3) is 5.17. The van der Waals surface area contributed by atoms with Crippen LogP contribution in [0.4, 0.5) is 15.8 Å². The number of carbonyl (C=O) groups is 1. The Morgan fingerprint density at radius 2 is 1.84 bits per heavy atom. The summed E-state index contributed by atoms with van der Waals surface area (Å²) in [7, 11) is -3.76. The molecule has 7 nitrogen and oxygen atoms in total. The molecule has 1 amide bonds. The smallest absolute Gasteiger partial charge is 0.257 e. The van der Waals surface area contributed by atoms with Gasteiger partial charge in [-0.1, -0.05) is 25.4 Å². The molecule has 10 heteroatoms. The van der Waals surface area contributed by atoms with Crippen LogP contribution < -0.4 is 10.2 Å². The van der Waals surface area contributed by atoms with Gasteiger partial charge in [-0.05, 0) is 36.4 Å². The Kier molecular flexibility index (Phi) is 7.53.